The van der Waals surface area contributed by atoms with Gasteiger partial charge in [0.25, 0.3) is 0 Å². The Balaban J connectivity index is 1.58. The van der Waals surface area contributed by atoms with E-state index in [4.69, 9.17) is 0 Å². The number of benzene rings is 2. The van der Waals surface area contributed by atoms with Crippen LogP contribution >= 0.6 is 0 Å². The number of aryl methyl sites for hydroxylation is 2. The van der Waals surface area contributed by atoms with Gasteiger partial charge in [0, 0.05) is 25.3 Å². The summed E-state index contributed by atoms with van der Waals surface area (Å²) in [7, 11) is -3.46. The zero-order chi connectivity index (χ0) is 17.9. The molecule has 1 aliphatic heterocycles. The van der Waals surface area contributed by atoms with Gasteiger partial charge < -0.3 is 4.90 Å². The van der Waals surface area contributed by atoms with Crippen molar-refractivity contribution in [3.63, 3.8) is 0 Å². The van der Waals surface area contributed by atoms with Gasteiger partial charge in [-0.3, -0.25) is 0 Å². The van der Waals surface area contributed by atoms with Crippen molar-refractivity contribution in [3.8, 4) is 0 Å². The van der Waals surface area contributed by atoms with Crippen LogP contribution in [0.1, 0.15) is 29.5 Å². The Hall–Kier alpha value is -1.85. The van der Waals surface area contributed by atoms with E-state index in [1.165, 1.54) is 18.5 Å². The van der Waals surface area contributed by atoms with Crippen LogP contribution in [-0.2, 0) is 16.4 Å². The molecule has 0 unspecified atom stereocenters. The molecule has 0 spiro atoms. The van der Waals surface area contributed by atoms with Crippen molar-refractivity contribution in [1.29, 1.82) is 0 Å². The molecule has 0 saturated carbocycles. The summed E-state index contributed by atoms with van der Waals surface area (Å²) in [4.78, 5) is 2.76. The Morgan fingerprint density at radius 2 is 1.68 bits per heavy atom. The van der Waals surface area contributed by atoms with Crippen molar-refractivity contribution in [1.82, 2.24) is 4.72 Å². The lowest BCUT2D eigenvalue weighted by Crippen LogP contribution is -2.26. The summed E-state index contributed by atoms with van der Waals surface area (Å²) < 4.78 is 27.6. The van der Waals surface area contributed by atoms with E-state index in [1.54, 1.807) is 6.07 Å². The van der Waals surface area contributed by atoms with Crippen LogP contribution in [0.3, 0.4) is 0 Å². The van der Waals surface area contributed by atoms with Gasteiger partial charge in [-0.1, -0.05) is 29.8 Å². The van der Waals surface area contributed by atoms with E-state index in [0.29, 0.717) is 17.9 Å². The van der Waals surface area contributed by atoms with E-state index in [-0.39, 0.29) is 0 Å². The molecule has 1 aliphatic rings. The average Bonchev–Trinajstić information content (AvgIpc) is 3.09. The SMILES string of the molecule is Cc1ccc(S(=O)(=O)NCCc2ccc(N3CCCC3)cc2)c(C)c1. The Morgan fingerprint density at radius 1 is 1.00 bits per heavy atom. The van der Waals surface area contributed by atoms with E-state index in [9.17, 15) is 8.42 Å². The van der Waals surface area contributed by atoms with E-state index < -0.39 is 10.0 Å². The molecule has 1 fully saturated rings. The van der Waals surface area contributed by atoms with Gasteiger partial charge in [-0.15, -0.1) is 0 Å². The van der Waals surface area contributed by atoms with Gasteiger partial charge in [-0.25, -0.2) is 13.1 Å². The molecule has 1 N–H and O–H groups in total. The molecule has 134 valence electrons. The summed E-state index contributed by atoms with van der Waals surface area (Å²) >= 11 is 0. The highest BCUT2D eigenvalue weighted by atomic mass is 32.2. The highest BCUT2D eigenvalue weighted by molar-refractivity contribution is 7.89. The zero-order valence-corrected chi connectivity index (χ0v) is 15.8. The maximum Gasteiger partial charge on any atom is 0.240 e. The summed E-state index contributed by atoms with van der Waals surface area (Å²) in [5, 5.41) is 0. The van der Waals surface area contributed by atoms with Crippen molar-refractivity contribution < 1.29 is 8.42 Å². The van der Waals surface area contributed by atoms with Gasteiger partial charge in [-0.2, -0.15) is 0 Å². The van der Waals surface area contributed by atoms with Crippen molar-refractivity contribution in [2.24, 2.45) is 0 Å². The van der Waals surface area contributed by atoms with Crippen molar-refractivity contribution in [2.75, 3.05) is 24.5 Å². The Kier molecular flexibility index (Phi) is 5.45. The number of nitrogens with zero attached hydrogens (tertiary/aromatic N) is 1. The van der Waals surface area contributed by atoms with E-state index in [1.807, 2.05) is 26.0 Å². The maximum absolute atomic E-state index is 12.5. The second kappa shape index (κ2) is 7.58. The molecule has 0 aromatic heterocycles. The van der Waals surface area contributed by atoms with Crippen LogP contribution in [-0.4, -0.2) is 28.1 Å². The first-order valence-electron chi connectivity index (χ1n) is 8.86. The highest BCUT2D eigenvalue weighted by Gasteiger charge is 2.16. The van der Waals surface area contributed by atoms with Gasteiger partial charge in [-0.05, 0) is 62.4 Å². The first-order valence-corrected chi connectivity index (χ1v) is 10.3. The van der Waals surface area contributed by atoms with E-state index >= 15 is 0 Å². The fourth-order valence-corrected chi connectivity index (χ4v) is 4.61. The minimum atomic E-state index is -3.46. The lowest BCUT2D eigenvalue weighted by molar-refractivity contribution is 0.581. The number of rotatable bonds is 6. The van der Waals surface area contributed by atoms with Gasteiger partial charge in [0.1, 0.15) is 0 Å². The molecular weight excluding hydrogens is 332 g/mol. The molecule has 0 bridgehead atoms. The lowest BCUT2D eigenvalue weighted by Gasteiger charge is -2.17. The second-order valence-electron chi connectivity index (χ2n) is 6.78. The maximum atomic E-state index is 12.5. The van der Waals surface area contributed by atoms with Gasteiger partial charge in [0.05, 0.1) is 4.90 Å². The number of hydrogen-bond donors (Lipinski definition) is 1. The molecule has 2 aromatic carbocycles. The van der Waals surface area contributed by atoms with E-state index in [2.05, 4.69) is 33.9 Å². The Labute approximate surface area is 150 Å². The molecule has 1 saturated heterocycles. The summed E-state index contributed by atoms with van der Waals surface area (Å²) in [5.74, 6) is 0. The predicted octanol–water partition coefficient (Wildman–Crippen LogP) is 3.42. The van der Waals surface area contributed by atoms with Gasteiger partial charge in [0.15, 0.2) is 0 Å². The van der Waals surface area contributed by atoms with Crippen molar-refractivity contribution in [3.05, 3.63) is 59.2 Å². The predicted molar refractivity (Wildman–Crippen MR) is 103 cm³/mol. The smallest absolute Gasteiger partial charge is 0.240 e. The third kappa shape index (κ3) is 4.41. The van der Waals surface area contributed by atoms with Crippen LogP contribution in [0, 0.1) is 13.8 Å². The number of anilines is 1. The van der Waals surface area contributed by atoms with Crippen molar-refractivity contribution in [2.45, 2.75) is 38.0 Å². The first kappa shape index (κ1) is 18.0. The quantitative estimate of drug-likeness (QED) is 0.861. The molecule has 2 aromatic rings. The molecule has 4 nitrogen and oxygen atoms in total. The Morgan fingerprint density at radius 3 is 2.32 bits per heavy atom. The number of sulfonamides is 1. The molecular formula is C20H26N2O2S. The molecule has 0 amide bonds. The standard InChI is InChI=1S/C20H26N2O2S/c1-16-5-10-20(17(2)15-16)25(23,24)21-12-11-18-6-8-19(9-7-18)22-13-3-4-14-22/h5-10,15,21H,3-4,11-14H2,1-2H3. The van der Waals surface area contributed by atoms with Crippen LogP contribution < -0.4 is 9.62 Å². The minimum Gasteiger partial charge on any atom is -0.372 e. The fraction of sp³-hybridized carbons (Fsp3) is 0.400. The molecule has 1 heterocycles. The van der Waals surface area contributed by atoms with Crippen LogP contribution in [0.5, 0.6) is 0 Å². The molecule has 0 atom stereocenters. The minimum absolute atomic E-state index is 0.363. The van der Waals surface area contributed by atoms with Crippen LogP contribution in [0.25, 0.3) is 0 Å². The average molecular weight is 359 g/mol. The normalized spacial score (nSPS) is 14.9. The third-order valence-electron chi connectivity index (χ3n) is 4.73. The van der Waals surface area contributed by atoms with Crippen molar-refractivity contribution >= 4 is 15.7 Å². The first-order chi connectivity index (χ1) is 12.0. The number of hydrogen-bond acceptors (Lipinski definition) is 3. The summed E-state index contributed by atoms with van der Waals surface area (Å²) in [6.45, 7) is 6.46. The fourth-order valence-electron chi connectivity index (χ4n) is 3.36. The molecule has 25 heavy (non-hydrogen) atoms. The Bertz CT molecular complexity index is 823. The second-order valence-corrected chi connectivity index (χ2v) is 8.51. The molecule has 0 aliphatic carbocycles. The zero-order valence-electron chi connectivity index (χ0n) is 15.0. The number of nitrogens with one attached hydrogen (secondary N) is 1. The topological polar surface area (TPSA) is 49.4 Å². The summed E-state index contributed by atoms with van der Waals surface area (Å²) in [5.41, 5.74) is 4.25. The van der Waals surface area contributed by atoms with Gasteiger partial charge >= 0.3 is 0 Å². The largest absolute Gasteiger partial charge is 0.372 e. The van der Waals surface area contributed by atoms with Crippen LogP contribution in [0.4, 0.5) is 5.69 Å². The highest BCUT2D eigenvalue weighted by Crippen LogP contribution is 2.21. The molecule has 3 rings (SSSR count). The molecule has 0 radical (unpaired) electrons. The summed E-state index contributed by atoms with van der Waals surface area (Å²) in [6.07, 6.45) is 3.22. The molecule has 5 heteroatoms. The van der Waals surface area contributed by atoms with E-state index in [0.717, 1.165) is 29.8 Å². The monoisotopic (exact) mass is 358 g/mol. The van der Waals surface area contributed by atoms with Crippen LogP contribution in [0.2, 0.25) is 0 Å². The van der Waals surface area contributed by atoms with Crippen LogP contribution in [0.15, 0.2) is 47.4 Å². The summed E-state index contributed by atoms with van der Waals surface area (Å²) in [6, 6.07) is 13.9. The van der Waals surface area contributed by atoms with Gasteiger partial charge in [0.2, 0.25) is 10.0 Å². The lowest BCUT2D eigenvalue weighted by atomic mass is 10.1. The third-order valence-corrected chi connectivity index (χ3v) is 6.35.